The van der Waals surface area contributed by atoms with Gasteiger partial charge in [0, 0.05) is 11.3 Å². The lowest BCUT2D eigenvalue weighted by atomic mass is 10.1. The fourth-order valence-corrected chi connectivity index (χ4v) is 2.62. The van der Waals surface area contributed by atoms with Gasteiger partial charge in [0.05, 0.1) is 0 Å². The Bertz CT molecular complexity index is 1030. The van der Waals surface area contributed by atoms with Crippen molar-refractivity contribution >= 4 is 6.08 Å². The number of benzene rings is 2. The molecule has 4 nitrogen and oxygen atoms in total. The second-order valence-corrected chi connectivity index (χ2v) is 5.75. The lowest BCUT2D eigenvalue weighted by Crippen LogP contribution is -2.10. The molecule has 0 fully saturated rings. The van der Waals surface area contributed by atoms with E-state index >= 15 is 0 Å². The van der Waals surface area contributed by atoms with Crippen molar-refractivity contribution in [3.8, 4) is 23.1 Å². The Kier molecular flexibility index (Phi) is 5.31. The first-order chi connectivity index (χ1) is 12.7. The molecule has 0 atom stereocenters. The molecule has 0 saturated carbocycles. The van der Waals surface area contributed by atoms with Crippen molar-refractivity contribution in [2.45, 2.75) is 13.5 Å². The van der Waals surface area contributed by atoms with Crippen molar-refractivity contribution in [3.63, 3.8) is 0 Å². The third-order valence-corrected chi connectivity index (χ3v) is 3.93. The summed E-state index contributed by atoms with van der Waals surface area (Å²) < 4.78 is 5.96. The van der Waals surface area contributed by atoms with Crippen LogP contribution in [0.3, 0.4) is 0 Å². The number of ether oxygens (including phenoxy) is 1. The molecule has 0 aliphatic carbocycles. The van der Waals surface area contributed by atoms with Gasteiger partial charge in [-0.2, -0.15) is 5.26 Å². The van der Waals surface area contributed by atoms with Crippen LogP contribution in [-0.2, 0) is 6.61 Å². The molecule has 0 radical (unpaired) electrons. The molecule has 26 heavy (non-hydrogen) atoms. The fourth-order valence-electron chi connectivity index (χ4n) is 2.62. The van der Waals surface area contributed by atoms with Gasteiger partial charge in [-0.3, -0.25) is 4.79 Å². The van der Waals surface area contributed by atoms with E-state index in [1.165, 1.54) is 6.07 Å². The molecular weight excluding hydrogens is 324 g/mol. The predicted molar refractivity (Wildman–Crippen MR) is 103 cm³/mol. The highest BCUT2D eigenvalue weighted by Gasteiger charge is 2.07. The van der Waals surface area contributed by atoms with Crippen LogP contribution < -0.4 is 10.3 Å². The van der Waals surface area contributed by atoms with Crippen molar-refractivity contribution < 1.29 is 4.74 Å². The van der Waals surface area contributed by atoms with E-state index < -0.39 is 0 Å². The zero-order valence-corrected chi connectivity index (χ0v) is 14.4. The zero-order valence-electron chi connectivity index (χ0n) is 14.4. The second kappa shape index (κ2) is 8.00. The summed E-state index contributed by atoms with van der Waals surface area (Å²) in [5.74, 6) is 0.770. The smallest absolute Gasteiger partial charge is 0.266 e. The van der Waals surface area contributed by atoms with E-state index in [4.69, 9.17) is 10.00 Å². The van der Waals surface area contributed by atoms with Gasteiger partial charge < -0.3 is 9.72 Å². The summed E-state index contributed by atoms with van der Waals surface area (Å²) in [6.07, 6.45) is 3.90. The molecule has 1 heterocycles. The Hall–Kier alpha value is -3.58. The Morgan fingerprint density at radius 2 is 1.92 bits per heavy atom. The average molecular weight is 342 g/mol. The summed E-state index contributed by atoms with van der Waals surface area (Å²) >= 11 is 0. The second-order valence-electron chi connectivity index (χ2n) is 5.75. The third-order valence-electron chi connectivity index (χ3n) is 3.93. The normalized spacial score (nSPS) is 10.6. The number of pyridine rings is 1. The summed E-state index contributed by atoms with van der Waals surface area (Å²) in [4.78, 5) is 14.6. The topological polar surface area (TPSA) is 65.9 Å². The van der Waals surface area contributed by atoms with Gasteiger partial charge in [-0.05, 0) is 48.4 Å². The Balaban J connectivity index is 1.90. The number of aromatic nitrogens is 1. The number of hydrogen-bond donors (Lipinski definition) is 1. The van der Waals surface area contributed by atoms with E-state index in [-0.39, 0.29) is 11.1 Å². The number of H-pyrrole nitrogens is 1. The van der Waals surface area contributed by atoms with Crippen LogP contribution in [0, 0.1) is 11.3 Å². The monoisotopic (exact) mass is 342 g/mol. The van der Waals surface area contributed by atoms with E-state index in [1.54, 1.807) is 6.07 Å². The molecule has 0 aliphatic heterocycles. The van der Waals surface area contributed by atoms with Gasteiger partial charge in [0.2, 0.25) is 0 Å². The van der Waals surface area contributed by atoms with Gasteiger partial charge in [-0.1, -0.05) is 42.5 Å². The zero-order chi connectivity index (χ0) is 18.4. The van der Waals surface area contributed by atoms with Crippen LogP contribution in [0.5, 0.6) is 5.75 Å². The van der Waals surface area contributed by atoms with E-state index in [0.29, 0.717) is 12.3 Å². The first kappa shape index (κ1) is 17.2. The SMILES string of the molecule is C/C=C/c1cc(-c2ccc(C#N)c(=O)[nH]2)ccc1OCc1ccccc1. The molecule has 3 aromatic rings. The summed E-state index contributed by atoms with van der Waals surface area (Å²) in [6.45, 7) is 2.43. The number of nitrogens with one attached hydrogen (secondary N) is 1. The largest absolute Gasteiger partial charge is 0.488 e. The van der Waals surface area contributed by atoms with Crippen LogP contribution in [0.4, 0.5) is 0 Å². The summed E-state index contributed by atoms with van der Waals surface area (Å²) in [7, 11) is 0. The van der Waals surface area contributed by atoms with Crippen LogP contribution in [0.25, 0.3) is 17.3 Å². The van der Waals surface area contributed by atoms with E-state index in [2.05, 4.69) is 4.98 Å². The molecule has 4 heteroatoms. The number of aromatic amines is 1. The molecule has 3 rings (SSSR count). The Labute approximate surface area is 152 Å². The molecule has 0 saturated heterocycles. The molecule has 0 bridgehead atoms. The molecule has 2 aromatic carbocycles. The van der Waals surface area contributed by atoms with Gasteiger partial charge >= 0.3 is 0 Å². The van der Waals surface area contributed by atoms with Crippen molar-refractivity contribution in [2.75, 3.05) is 0 Å². The summed E-state index contributed by atoms with van der Waals surface area (Å²) in [5, 5.41) is 8.89. The number of nitrogens with zero attached hydrogens (tertiary/aromatic N) is 1. The van der Waals surface area contributed by atoms with Crippen molar-refractivity contribution in [1.29, 1.82) is 5.26 Å². The van der Waals surface area contributed by atoms with Crippen LogP contribution in [0.2, 0.25) is 0 Å². The third kappa shape index (κ3) is 3.90. The van der Waals surface area contributed by atoms with Crippen molar-refractivity contribution in [2.24, 2.45) is 0 Å². The van der Waals surface area contributed by atoms with E-state index in [0.717, 1.165) is 22.4 Å². The minimum absolute atomic E-state index is 0.102. The minimum atomic E-state index is -0.387. The highest BCUT2D eigenvalue weighted by Crippen LogP contribution is 2.27. The first-order valence-electron chi connectivity index (χ1n) is 8.28. The maximum absolute atomic E-state index is 11.9. The molecule has 0 amide bonds. The maximum Gasteiger partial charge on any atom is 0.266 e. The van der Waals surface area contributed by atoms with Crippen LogP contribution in [0.15, 0.2) is 71.5 Å². The quantitative estimate of drug-likeness (QED) is 0.741. The first-order valence-corrected chi connectivity index (χ1v) is 8.28. The summed E-state index contributed by atoms with van der Waals surface area (Å²) in [6, 6.07) is 20.9. The standard InChI is InChI=1S/C22H18N2O2/c1-2-6-18-13-17(20-11-9-19(14-23)22(25)24-20)10-12-21(18)26-15-16-7-4-3-5-8-16/h2-13H,15H2,1H3,(H,24,25)/b6-2+. The highest BCUT2D eigenvalue weighted by molar-refractivity contribution is 5.68. The lowest BCUT2D eigenvalue weighted by molar-refractivity contribution is 0.305. The van der Waals surface area contributed by atoms with Crippen molar-refractivity contribution in [3.05, 3.63) is 93.8 Å². The van der Waals surface area contributed by atoms with E-state index in [1.807, 2.05) is 73.7 Å². The number of hydrogen-bond acceptors (Lipinski definition) is 3. The molecule has 0 aliphatic rings. The fraction of sp³-hybridized carbons (Fsp3) is 0.0909. The molecule has 0 spiro atoms. The number of rotatable bonds is 5. The molecule has 1 N–H and O–H groups in total. The lowest BCUT2D eigenvalue weighted by Gasteiger charge is -2.11. The maximum atomic E-state index is 11.9. The van der Waals surface area contributed by atoms with Crippen LogP contribution in [0.1, 0.15) is 23.6 Å². The molecule has 1 aromatic heterocycles. The van der Waals surface area contributed by atoms with Gasteiger partial charge in [0.1, 0.15) is 24.0 Å². The number of nitriles is 1. The Morgan fingerprint density at radius 3 is 2.62 bits per heavy atom. The minimum Gasteiger partial charge on any atom is -0.488 e. The van der Waals surface area contributed by atoms with Crippen LogP contribution in [-0.4, -0.2) is 4.98 Å². The average Bonchev–Trinajstić information content (AvgIpc) is 2.68. The highest BCUT2D eigenvalue weighted by atomic mass is 16.5. The molecular formula is C22H18N2O2. The van der Waals surface area contributed by atoms with Crippen molar-refractivity contribution in [1.82, 2.24) is 4.98 Å². The van der Waals surface area contributed by atoms with Gasteiger partial charge in [-0.25, -0.2) is 0 Å². The summed E-state index contributed by atoms with van der Waals surface area (Å²) in [5.41, 5.74) is 3.25. The Morgan fingerprint density at radius 1 is 1.12 bits per heavy atom. The molecule has 128 valence electrons. The van der Waals surface area contributed by atoms with Gasteiger partial charge in [0.15, 0.2) is 0 Å². The molecule has 0 unspecified atom stereocenters. The van der Waals surface area contributed by atoms with Gasteiger partial charge in [-0.15, -0.1) is 0 Å². The van der Waals surface area contributed by atoms with Gasteiger partial charge in [0.25, 0.3) is 5.56 Å². The number of allylic oxidation sites excluding steroid dienone is 1. The predicted octanol–water partition coefficient (Wildman–Crippen LogP) is 4.53. The van der Waals surface area contributed by atoms with Crippen LogP contribution >= 0.6 is 0 Å². The van der Waals surface area contributed by atoms with E-state index in [9.17, 15) is 4.79 Å².